The van der Waals surface area contributed by atoms with Gasteiger partial charge in [0.15, 0.2) is 0 Å². The van der Waals surface area contributed by atoms with E-state index in [1.54, 1.807) is 6.26 Å². The predicted molar refractivity (Wildman–Crippen MR) is 97.0 cm³/mol. The summed E-state index contributed by atoms with van der Waals surface area (Å²) in [5.41, 5.74) is 1.70. The summed E-state index contributed by atoms with van der Waals surface area (Å²) in [6.45, 7) is 4.51. The smallest absolute Gasteiger partial charge is 0.253 e. The zero-order valence-electron chi connectivity index (χ0n) is 15.0. The molecular weight excluding hydrogens is 330 g/mol. The van der Waals surface area contributed by atoms with Crippen LogP contribution < -0.4 is 4.74 Å². The number of ether oxygens (including phenoxy) is 1. The molecule has 0 aliphatic carbocycles. The van der Waals surface area contributed by atoms with Crippen LogP contribution in [0.4, 0.5) is 0 Å². The summed E-state index contributed by atoms with van der Waals surface area (Å²) in [5, 5.41) is 3.97. The van der Waals surface area contributed by atoms with E-state index in [4.69, 9.17) is 9.26 Å². The molecule has 0 bridgehead atoms. The summed E-state index contributed by atoms with van der Waals surface area (Å²) in [5.74, 6) is 0.917. The lowest BCUT2D eigenvalue weighted by molar-refractivity contribution is 0.0789. The quantitative estimate of drug-likeness (QED) is 0.825. The molecular formula is C20H25N3O3. The van der Waals surface area contributed by atoms with E-state index in [-0.39, 0.29) is 12.0 Å². The minimum Gasteiger partial charge on any atom is -0.490 e. The standard InChI is InChI=1S/C20H25N3O3/c24-20(23-9-1-2-10-23)16-4-3-5-19(14-16)26-18-6-11-22(12-7-18)15-17-8-13-25-21-17/h3-5,8,13-14,18H,1-2,6-7,9-12,15H2. The molecule has 26 heavy (non-hydrogen) atoms. The van der Waals surface area contributed by atoms with E-state index in [1.807, 2.05) is 35.2 Å². The molecule has 2 fully saturated rings. The average Bonchev–Trinajstić information content (AvgIpc) is 3.37. The molecule has 1 amide bonds. The van der Waals surface area contributed by atoms with E-state index in [0.29, 0.717) is 0 Å². The number of amides is 1. The van der Waals surface area contributed by atoms with Crippen molar-refractivity contribution in [3.8, 4) is 5.75 Å². The third-order valence-corrected chi connectivity index (χ3v) is 5.19. The fourth-order valence-corrected chi connectivity index (χ4v) is 3.73. The van der Waals surface area contributed by atoms with Crippen molar-refractivity contribution < 1.29 is 14.1 Å². The predicted octanol–water partition coefficient (Wildman–Crippen LogP) is 2.95. The van der Waals surface area contributed by atoms with Crippen molar-refractivity contribution in [1.82, 2.24) is 15.0 Å². The second-order valence-corrected chi connectivity index (χ2v) is 7.11. The fraction of sp³-hybridized carbons (Fsp3) is 0.500. The van der Waals surface area contributed by atoms with Gasteiger partial charge in [-0.25, -0.2) is 0 Å². The molecule has 2 aliphatic rings. The highest BCUT2D eigenvalue weighted by molar-refractivity contribution is 5.94. The zero-order chi connectivity index (χ0) is 17.8. The highest BCUT2D eigenvalue weighted by Gasteiger charge is 2.23. The summed E-state index contributed by atoms with van der Waals surface area (Å²) < 4.78 is 11.1. The number of hydrogen-bond donors (Lipinski definition) is 0. The van der Waals surface area contributed by atoms with E-state index in [1.165, 1.54) is 0 Å². The molecule has 0 radical (unpaired) electrons. The molecule has 0 unspecified atom stereocenters. The molecule has 0 N–H and O–H groups in total. The molecule has 6 heteroatoms. The number of likely N-dealkylation sites (tertiary alicyclic amines) is 2. The van der Waals surface area contributed by atoms with Gasteiger partial charge in [-0.2, -0.15) is 0 Å². The van der Waals surface area contributed by atoms with Gasteiger partial charge in [-0.05, 0) is 43.9 Å². The Hall–Kier alpha value is -2.34. The van der Waals surface area contributed by atoms with Crippen LogP contribution in [-0.2, 0) is 6.54 Å². The Bertz CT molecular complexity index is 718. The lowest BCUT2D eigenvalue weighted by Crippen LogP contribution is -2.37. The molecule has 2 aromatic rings. The molecule has 1 aromatic carbocycles. The van der Waals surface area contributed by atoms with Gasteiger partial charge in [0.25, 0.3) is 5.91 Å². The van der Waals surface area contributed by atoms with Crippen molar-refractivity contribution in [1.29, 1.82) is 0 Å². The Kier molecular flexibility index (Phi) is 5.20. The molecule has 6 nitrogen and oxygen atoms in total. The van der Waals surface area contributed by atoms with E-state index < -0.39 is 0 Å². The maximum absolute atomic E-state index is 12.5. The van der Waals surface area contributed by atoms with E-state index in [2.05, 4.69) is 10.1 Å². The number of aromatic nitrogens is 1. The van der Waals surface area contributed by atoms with Gasteiger partial charge in [0.2, 0.25) is 0 Å². The first-order valence-corrected chi connectivity index (χ1v) is 9.45. The van der Waals surface area contributed by atoms with Gasteiger partial charge in [0.05, 0.1) is 5.69 Å². The fourth-order valence-electron chi connectivity index (χ4n) is 3.73. The normalized spacial score (nSPS) is 19.0. The van der Waals surface area contributed by atoms with Crippen molar-refractivity contribution in [2.45, 2.75) is 38.3 Å². The molecule has 0 spiro atoms. The first-order valence-electron chi connectivity index (χ1n) is 9.45. The van der Waals surface area contributed by atoms with Crippen LogP contribution in [0.1, 0.15) is 41.7 Å². The van der Waals surface area contributed by atoms with Gasteiger partial charge in [-0.3, -0.25) is 9.69 Å². The topological polar surface area (TPSA) is 58.8 Å². The third kappa shape index (κ3) is 4.07. The Morgan fingerprint density at radius 1 is 1.15 bits per heavy atom. The lowest BCUT2D eigenvalue weighted by Gasteiger charge is -2.31. The number of rotatable bonds is 5. The summed E-state index contributed by atoms with van der Waals surface area (Å²) in [7, 11) is 0. The van der Waals surface area contributed by atoms with Crippen LogP contribution in [0.25, 0.3) is 0 Å². The van der Waals surface area contributed by atoms with E-state index in [9.17, 15) is 4.79 Å². The summed E-state index contributed by atoms with van der Waals surface area (Å²) in [4.78, 5) is 16.8. The van der Waals surface area contributed by atoms with Gasteiger partial charge in [-0.1, -0.05) is 11.2 Å². The number of piperidine rings is 1. The van der Waals surface area contributed by atoms with Crippen LogP contribution in [0.3, 0.4) is 0 Å². The third-order valence-electron chi connectivity index (χ3n) is 5.19. The van der Waals surface area contributed by atoms with E-state index in [0.717, 1.165) is 75.4 Å². The van der Waals surface area contributed by atoms with E-state index >= 15 is 0 Å². The monoisotopic (exact) mass is 355 g/mol. The second kappa shape index (κ2) is 7.91. The summed E-state index contributed by atoms with van der Waals surface area (Å²) in [6, 6.07) is 9.54. The Morgan fingerprint density at radius 2 is 1.96 bits per heavy atom. The summed E-state index contributed by atoms with van der Waals surface area (Å²) in [6.07, 6.45) is 5.97. The van der Waals surface area contributed by atoms with Crippen molar-refractivity contribution in [2.75, 3.05) is 26.2 Å². The molecule has 2 saturated heterocycles. The summed E-state index contributed by atoms with van der Waals surface area (Å²) >= 11 is 0. The van der Waals surface area contributed by atoms with Gasteiger partial charge in [0, 0.05) is 44.4 Å². The first-order chi connectivity index (χ1) is 12.8. The molecule has 3 heterocycles. The number of benzene rings is 1. The second-order valence-electron chi connectivity index (χ2n) is 7.11. The Balaban J connectivity index is 1.30. The van der Waals surface area contributed by atoms with Crippen molar-refractivity contribution in [3.63, 3.8) is 0 Å². The highest BCUT2D eigenvalue weighted by atomic mass is 16.5. The molecule has 138 valence electrons. The maximum atomic E-state index is 12.5. The van der Waals surface area contributed by atoms with Crippen LogP contribution >= 0.6 is 0 Å². The van der Waals surface area contributed by atoms with Crippen LogP contribution in [0.15, 0.2) is 41.1 Å². The number of hydrogen-bond acceptors (Lipinski definition) is 5. The van der Waals surface area contributed by atoms with Crippen LogP contribution in [0.2, 0.25) is 0 Å². The molecule has 2 aliphatic heterocycles. The first kappa shape index (κ1) is 17.1. The Morgan fingerprint density at radius 3 is 2.69 bits per heavy atom. The molecule has 0 atom stereocenters. The highest BCUT2D eigenvalue weighted by Crippen LogP contribution is 2.22. The minimum absolute atomic E-state index is 0.121. The average molecular weight is 355 g/mol. The van der Waals surface area contributed by atoms with Crippen LogP contribution in [0, 0.1) is 0 Å². The number of nitrogens with zero attached hydrogens (tertiary/aromatic N) is 3. The van der Waals surface area contributed by atoms with Gasteiger partial charge in [-0.15, -0.1) is 0 Å². The van der Waals surface area contributed by atoms with Gasteiger partial charge < -0.3 is 14.2 Å². The zero-order valence-corrected chi connectivity index (χ0v) is 15.0. The maximum Gasteiger partial charge on any atom is 0.253 e. The molecule has 0 saturated carbocycles. The Labute approximate surface area is 153 Å². The molecule has 4 rings (SSSR count). The lowest BCUT2D eigenvalue weighted by atomic mass is 10.1. The van der Waals surface area contributed by atoms with Crippen LogP contribution in [0.5, 0.6) is 5.75 Å². The SMILES string of the molecule is O=C(c1cccc(OC2CCN(Cc3ccon3)CC2)c1)N1CCCC1. The van der Waals surface area contributed by atoms with Gasteiger partial charge >= 0.3 is 0 Å². The molecule has 1 aromatic heterocycles. The largest absolute Gasteiger partial charge is 0.490 e. The van der Waals surface area contributed by atoms with Crippen molar-refractivity contribution in [3.05, 3.63) is 47.9 Å². The number of carbonyl (C=O) groups is 1. The van der Waals surface area contributed by atoms with Gasteiger partial charge in [0.1, 0.15) is 18.1 Å². The minimum atomic E-state index is 0.121. The van der Waals surface area contributed by atoms with Crippen molar-refractivity contribution in [2.24, 2.45) is 0 Å². The van der Waals surface area contributed by atoms with Crippen molar-refractivity contribution >= 4 is 5.91 Å². The number of carbonyl (C=O) groups excluding carboxylic acids is 1. The van der Waals surface area contributed by atoms with Crippen LogP contribution in [-0.4, -0.2) is 53.1 Å².